The summed E-state index contributed by atoms with van der Waals surface area (Å²) in [5, 5.41) is 7.92. The molecule has 0 fully saturated rings. The van der Waals surface area contributed by atoms with E-state index in [0.717, 1.165) is 24.0 Å². The number of aryl methyl sites for hydroxylation is 4. The van der Waals surface area contributed by atoms with Gasteiger partial charge in [0.15, 0.2) is 5.78 Å². The lowest BCUT2D eigenvalue weighted by molar-refractivity contribution is 0.0236. The second-order valence-electron chi connectivity index (χ2n) is 8.41. The topological polar surface area (TPSA) is 58.6 Å². The summed E-state index contributed by atoms with van der Waals surface area (Å²) in [7, 11) is 0. The molecule has 0 heterocycles. The Morgan fingerprint density at radius 2 is 1.46 bits per heavy atom. The number of hydroxylamine groups is 1. The van der Waals surface area contributed by atoms with Crippen molar-refractivity contribution < 1.29 is 14.7 Å². The first-order valence-corrected chi connectivity index (χ1v) is 13.1. The van der Waals surface area contributed by atoms with Crippen LogP contribution in [0.25, 0.3) is 5.57 Å². The zero-order valence-electron chi connectivity index (χ0n) is 24.2. The fourth-order valence-electron chi connectivity index (χ4n) is 3.23. The molecule has 3 rings (SSSR count). The summed E-state index contributed by atoms with van der Waals surface area (Å²) in [6.45, 7) is 21.1. The SMILES string of the molecule is C=C(c1ccc(CC)cc1)c1ccccc1C.CC.CC(=O)c1ccc(C)c(C)c1.CCCOCNO. The fourth-order valence-corrected chi connectivity index (χ4v) is 3.23. The Bertz CT molecular complexity index is 1050. The molecule has 0 aromatic heterocycles. The first kappa shape index (κ1) is 34.0. The molecule has 0 saturated heterocycles. The second-order valence-corrected chi connectivity index (χ2v) is 8.41. The third-order valence-electron chi connectivity index (χ3n) is 5.61. The van der Waals surface area contributed by atoms with E-state index in [1.54, 1.807) is 6.92 Å². The molecule has 0 amide bonds. The van der Waals surface area contributed by atoms with Crippen molar-refractivity contribution in [3.8, 4) is 0 Å². The highest BCUT2D eigenvalue weighted by atomic mass is 16.6. The Labute approximate surface area is 225 Å². The quantitative estimate of drug-likeness (QED) is 0.139. The summed E-state index contributed by atoms with van der Waals surface area (Å²) >= 11 is 0. The van der Waals surface area contributed by atoms with Crippen molar-refractivity contribution in [3.63, 3.8) is 0 Å². The van der Waals surface area contributed by atoms with E-state index >= 15 is 0 Å². The van der Waals surface area contributed by atoms with Crippen LogP contribution in [0.2, 0.25) is 0 Å². The molecule has 3 aromatic carbocycles. The smallest absolute Gasteiger partial charge is 0.159 e. The lowest BCUT2D eigenvalue weighted by Gasteiger charge is -2.10. The molecule has 0 radical (unpaired) electrons. The molecule has 0 aliphatic rings. The first-order chi connectivity index (χ1) is 17.7. The van der Waals surface area contributed by atoms with Crippen molar-refractivity contribution in [1.29, 1.82) is 0 Å². The van der Waals surface area contributed by atoms with Crippen molar-refractivity contribution in [2.24, 2.45) is 0 Å². The van der Waals surface area contributed by atoms with E-state index in [4.69, 9.17) is 9.94 Å². The number of rotatable bonds is 8. The molecule has 0 aliphatic heterocycles. The molecule has 0 spiro atoms. The van der Waals surface area contributed by atoms with Gasteiger partial charge in [-0.25, -0.2) is 0 Å². The number of carbonyl (C=O) groups is 1. The summed E-state index contributed by atoms with van der Waals surface area (Å²) in [6.07, 6.45) is 2.07. The highest BCUT2D eigenvalue weighted by Crippen LogP contribution is 2.24. The second kappa shape index (κ2) is 20.1. The molecule has 0 unspecified atom stereocenters. The largest absolute Gasteiger partial charge is 0.364 e. The number of benzene rings is 3. The molecule has 0 saturated carbocycles. The maximum Gasteiger partial charge on any atom is 0.159 e. The molecule has 4 nitrogen and oxygen atoms in total. The molecule has 202 valence electrons. The zero-order valence-corrected chi connectivity index (χ0v) is 24.2. The van der Waals surface area contributed by atoms with Gasteiger partial charge < -0.3 is 9.94 Å². The van der Waals surface area contributed by atoms with Gasteiger partial charge in [-0.1, -0.05) is 94.9 Å². The Hall–Kier alpha value is -3.05. The van der Waals surface area contributed by atoms with Crippen molar-refractivity contribution >= 4 is 11.4 Å². The van der Waals surface area contributed by atoms with Crippen LogP contribution in [0.4, 0.5) is 0 Å². The van der Waals surface area contributed by atoms with Gasteiger partial charge in [-0.2, -0.15) is 5.48 Å². The molecule has 3 aromatic rings. The lowest BCUT2D eigenvalue weighted by atomic mass is 9.95. The number of ether oxygens (including phenoxy) is 1. The monoisotopic (exact) mass is 505 g/mol. The predicted octanol–water partition coefficient (Wildman–Crippen LogP) is 8.50. The lowest BCUT2D eigenvalue weighted by Crippen LogP contribution is -2.12. The van der Waals surface area contributed by atoms with Crippen molar-refractivity contribution in [1.82, 2.24) is 5.48 Å². The molecule has 2 N–H and O–H groups in total. The van der Waals surface area contributed by atoms with Crippen LogP contribution in [0.1, 0.15) is 84.8 Å². The third-order valence-corrected chi connectivity index (χ3v) is 5.61. The Kier molecular flexibility index (Phi) is 18.4. The summed E-state index contributed by atoms with van der Waals surface area (Å²) in [4.78, 5) is 10.9. The van der Waals surface area contributed by atoms with Crippen LogP contribution in [-0.2, 0) is 11.2 Å². The van der Waals surface area contributed by atoms with Crippen LogP contribution in [-0.4, -0.2) is 24.3 Å². The van der Waals surface area contributed by atoms with E-state index in [2.05, 4.69) is 69.0 Å². The van der Waals surface area contributed by atoms with Gasteiger partial charge in [0.25, 0.3) is 0 Å². The maximum atomic E-state index is 10.9. The van der Waals surface area contributed by atoms with Gasteiger partial charge in [0, 0.05) is 12.2 Å². The molecule has 0 aliphatic carbocycles. The summed E-state index contributed by atoms with van der Waals surface area (Å²) < 4.78 is 4.77. The van der Waals surface area contributed by atoms with E-state index in [1.807, 2.05) is 58.3 Å². The van der Waals surface area contributed by atoms with Crippen molar-refractivity contribution in [2.75, 3.05) is 13.3 Å². The van der Waals surface area contributed by atoms with Gasteiger partial charge in [-0.3, -0.25) is 4.79 Å². The summed E-state index contributed by atoms with van der Waals surface area (Å²) in [5.74, 6) is 0.133. The number of Topliss-reactive ketones (excluding diaryl/α,β-unsaturated/α-hetero) is 1. The molecule has 0 atom stereocenters. The van der Waals surface area contributed by atoms with E-state index in [1.165, 1.54) is 33.4 Å². The van der Waals surface area contributed by atoms with Crippen LogP contribution >= 0.6 is 0 Å². The van der Waals surface area contributed by atoms with Gasteiger partial charge in [0.05, 0.1) is 0 Å². The van der Waals surface area contributed by atoms with Gasteiger partial charge in [-0.05, 0) is 85.6 Å². The Morgan fingerprint density at radius 3 is 1.95 bits per heavy atom. The highest BCUT2D eigenvalue weighted by Gasteiger charge is 2.04. The van der Waals surface area contributed by atoms with Crippen LogP contribution in [0, 0.1) is 20.8 Å². The first-order valence-electron chi connectivity index (χ1n) is 13.1. The van der Waals surface area contributed by atoms with Gasteiger partial charge in [-0.15, -0.1) is 0 Å². The Balaban J connectivity index is 0.000000559. The molecule has 0 bridgehead atoms. The number of carbonyl (C=O) groups excluding carboxylic acids is 1. The number of hydrogen-bond donors (Lipinski definition) is 2. The number of ketones is 1. The highest BCUT2D eigenvalue weighted by molar-refractivity contribution is 5.94. The normalized spacial score (nSPS) is 9.54. The van der Waals surface area contributed by atoms with E-state index in [0.29, 0.717) is 6.61 Å². The van der Waals surface area contributed by atoms with E-state index < -0.39 is 0 Å². The molecule has 37 heavy (non-hydrogen) atoms. The van der Waals surface area contributed by atoms with Gasteiger partial charge in [0.2, 0.25) is 0 Å². The molecular weight excluding hydrogens is 458 g/mol. The standard InChI is InChI=1S/C17H18.C10H12O.C4H11NO2.C2H6/c1-4-15-9-11-16(12-10-15)14(3)17-8-6-5-7-13(17)2;1-7-4-5-10(9(3)11)6-8(7)2;1-2-3-7-4-5-6;1-2/h5-12H,3-4H2,1-2H3;4-6H,1-3H3;5-6H,2-4H2,1H3;1-2H3. The number of hydrogen-bond acceptors (Lipinski definition) is 4. The molecule has 4 heteroatoms. The van der Waals surface area contributed by atoms with Crippen LogP contribution < -0.4 is 5.48 Å². The minimum atomic E-state index is 0.133. The number of nitrogens with one attached hydrogen (secondary N) is 1. The average molecular weight is 506 g/mol. The third kappa shape index (κ3) is 13.2. The minimum absolute atomic E-state index is 0.133. The summed E-state index contributed by atoms with van der Waals surface area (Å²) in [5.41, 5.74) is 11.3. The fraction of sp³-hybridized carbons (Fsp3) is 0.364. The minimum Gasteiger partial charge on any atom is -0.364 e. The maximum absolute atomic E-state index is 10.9. The van der Waals surface area contributed by atoms with Crippen LogP contribution in [0.5, 0.6) is 0 Å². The van der Waals surface area contributed by atoms with Gasteiger partial charge >= 0.3 is 0 Å². The van der Waals surface area contributed by atoms with E-state index in [9.17, 15) is 4.79 Å². The van der Waals surface area contributed by atoms with Crippen molar-refractivity contribution in [3.05, 3.63) is 112 Å². The van der Waals surface area contributed by atoms with Crippen LogP contribution in [0.15, 0.2) is 73.3 Å². The zero-order chi connectivity index (χ0) is 28.2. The van der Waals surface area contributed by atoms with Gasteiger partial charge in [0.1, 0.15) is 6.73 Å². The van der Waals surface area contributed by atoms with Crippen molar-refractivity contribution in [2.45, 2.75) is 68.2 Å². The van der Waals surface area contributed by atoms with Crippen LogP contribution in [0.3, 0.4) is 0 Å². The Morgan fingerprint density at radius 1 is 0.865 bits per heavy atom. The van der Waals surface area contributed by atoms with E-state index in [-0.39, 0.29) is 12.5 Å². The summed E-state index contributed by atoms with van der Waals surface area (Å²) in [6, 6.07) is 22.8. The predicted molar refractivity (Wildman–Crippen MR) is 158 cm³/mol. The average Bonchev–Trinajstić information content (AvgIpc) is 2.92. The molecular formula is C33H47NO3.